The molecule has 0 aliphatic carbocycles. The van der Waals surface area contributed by atoms with Gasteiger partial charge in [-0.15, -0.1) is 0 Å². The Labute approximate surface area is 183 Å². The number of hydrogen-bond donors (Lipinski definition) is 1. The van der Waals surface area contributed by atoms with Crippen molar-refractivity contribution in [3.05, 3.63) is 59.1 Å². The van der Waals surface area contributed by atoms with Gasteiger partial charge in [-0.05, 0) is 82.2 Å². The normalized spacial score (nSPS) is 14.6. The molecule has 0 unspecified atom stereocenters. The number of halogens is 1. The molecule has 3 rings (SSSR count). The summed E-state index contributed by atoms with van der Waals surface area (Å²) in [7, 11) is -3.92. The van der Waals surface area contributed by atoms with Gasteiger partial charge in [-0.2, -0.15) is 0 Å². The maximum Gasteiger partial charge on any atom is 0.264 e. The van der Waals surface area contributed by atoms with Crippen LogP contribution in [-0.2, 0) is 14.8 Å². The monoisotopic (exact) mass is 449 g/mol. The van der Waals surface area contributed by atoms with Gasteiger partial charge in [0.15, 0.2) is 0 Å². The zero-order valence-corrected chi connectivity index (χ0v) is 18.8. The Morgan fingerprint density at radius 2 is 1.70 bits per heavy atom. The summed E-state index contributed by atoms with van der Waals surface area (Å²) in [5.74, 6) is -0.325. The van der Waals surface area contributed by atoms with Crippen molar-refractivity contribution in [3.63, 3.8) is 0 Å². The van der Waals surface area contributed by atoms with Gasteiger partial charge in [0.1, 0.15) is 6.54 Å². The fourth-order valence-corrected chi connectivity index (χ4v) is 5.03. The van der Waals surface area contributed by atoms with E-state index in [9.17, 15) is 13.2 Å². The third kappa shape index (κ3) is 5.97. The Morgan fingerprint density at radius 3 is 2.33 bits per heavy atom. The molecule has 30 heavy (non-hydrogen) atoms. The number of rotatable bonds is 9. The molecule has 8 heteroatoms. The predicted octanol–water partition coefficient (Wildman–Crippen LogP) is 3.45. The highest BCUT2D eigenvalue weighted by Gasteiger charge is 2.27. The van der Waals surface area contributed by atoms with Gasteiger partial charge >= 0.3 is 0 Å². The number of carbonyl (C=O) groups excluding carboxylic acids is 1. The molecular weight excluding hydrogens is 422 g/mol. The Balaban J connectivity index is 1.70. The Kier molecular flexibility index (Phi) is 7.75. The van der Waals surface area contributed by atoms with E-state index in [0.29, 0.717) is 17.3 Å². The minimum Gasteiger partial charge on any atom is -0.354 e. The molecule has 0 atom stereocenters. The van der Waals surface area contributed by atoms with Gasteiger partial charge in [0.05, 0.1) is 10.6 Å². The quantitative estimate of drug-likeness (QED) is 0.595. The van der Waals surface area contributed by atoms with Gasteiger partial charge in [-0.3, -0.25) is 9.10 Å². The van der Waals surface area contributed by atoms with Crippen molar-refractivity contribution >= 4 is 33.2 Å². The Hall–Kier alpha value is -2.09. The standard InChI is InChI=1S/C22H28ClN3O3S/c1-18-5-9-20(10-6-18)26(30(28,29)21-11-7-19(23)8-12-21)17-22(27)24-13-4-16-25-14-2-3-15-25/h5-12H,2-4,13-17H2,1H3,(H,24,27). The lowest BCUT2D eigenvalue weighted by atomic mass is 10.2. The van der Waals surface area contributed by atoms with Crippen LogP contribution in [0, 0.1) is 6.92 Å². The van der Waals surface area contributed by atoms with Crippen LogP contribution < -0.4 is 9.62 Å². The summed E-state index contributed by atoms with van der Waals surface area (Å²) in [5, 5.41) is 3.31. The number of anilines is 1. The largest absolute Gasteiger partial charge is 0.354 e. The van der Waals surface area contributed by atoms with E-state index in [-0.39, 0.29) is 17.3 Å². The van der Waals surface area contributed by atoms with Crippen LogP contribution in [0.4, 0.5) is 5.69 Å². The van der Waals surface area contributed by atoms with E-state index < -0.39 is 10.0 Å². The molecule has 2 aromatic carbocycles. The number of amides is 1. The molecule has 0 aromatic heterocycles. The van der Waals surface area contributed by atoms with E-state index in [4.69, 9.17) is 11.6 Å². The number of aryl methyl sites for hydroxylation is 1. The molecule has 0 spiro atoms. The van der Waals surface area contributed by atoms with E-state index in [1.807, 2.05) is 19.1 Å². The first-order valence-corrected chi connectivity index (χ1v) is 12.0. The molecular formula is C22H28ClN3O3S. The first-order valence-electron chi connectivity index (χ1n) is 10.2. The Bertz CT molecular complexity index is 941. The molecule has 1 fully saturated rings. The minimum atomic E-state index is -3.92. The molecule has 162 valence electrons. The average Bonchev–Trinajstić information content (AvgIpc) is 3.24. The zero-order valence-electron chi connectivity index (χ0n) is 17.2. The first-order chi connectivity index (χ1) is 14.4. The topological polar surface area (TPSA) is 69.7 Å². The van der Waals surface area contributed by atoms with Gasteiger partial charge in [0, 0.05) is 11.6 Å². The maximum atomic E-state index is 13.3. The van der Waals surface area contributed by atoms with Gasteiger partial charge in [-0.1, -0.05) is 29.3 Å². The van der Waals surface area contributed by atoms with Gasteiger partial charge in [0.2, 0.25) is 5.91 Å². The minimum absolute atomic E-state index is 0.0920. The third-order valence-electron chi connectivity index (χ3n) is 5.18. The predicted molar refractivity (Wildman–Crippen MR) is 120 cm³/mol. The highest BCUT2D eigenvalue weighted by atomic mass is 35.5. The molecule has 0 radical (unpaired) electrons. The highest BCUT2D eigenvalue weighted by molar-refractivity contribution is 7.92. The van der Waals surface area contributed by atoms with Crippen molar-refractivity contribution in [2.24, 2.45) is 0 Å². The highest BCUT2D eigenvalue weighted by Crippen LogP contribution is 2.25. The van der Waals surface area contributed by atoms with E-state index in [2.05, 4.69) is 10.2 Å². The lowest BCUT2D eigenvalue weighted by molar-refractivity contribution is -0.119. The van der Waals surface area contributed by atoms with Crippen LogP contribution in [0.2, 0.25) is 5.02 Å². The van der Waals surface area contributed by atoms with Crippen molar-refractivity contribution in [1.29, 1.82) is 0 Å². The molecule has 0 saturated carbocycles. The number of hydrogen-bond acceptors (Lipinski definition) is 4. The van der Waals surface area contributed by atoms with Crippen LogP contribution >= 0.6 is 11.6 Å². The zero-order chi connectivity index (χ0) is 21.6. The number of sulfonamides is 1. The van der Waals surface area contributed by atoms with E-state index in [1.54, 1.807) is 12.1 Å². The van der Waals surface area contributed by atoms with Crippen LogP contribution in [0.25, 0.3) is 0 Å². The van der Waals surface area contributed by atoms with E-state index >= 15 is 0 Å². The van der Waals surface area contributed by atoms with Crippen molar-refractivity contribution in [3.8, 4) is 0 Å². The summed E-state index contributed by atoms with van der Waals surface area (Å²) < 4.78 is 27.7. The second-order valence-corrected chi connectivity index (χ2v) is 9.85. The summed E-state index contributed by atoms with van der Waals surface area (Å²) in [6.45, 7) is 5.36. The number of benzene rings is 2. The van der Waals surface area contributed by atoms with Crippen molar-refractivity contribution in [2.75, 3.05) is 37.0 Å². The molecule has 1 N–H and O–H groups in total. The summed E-state index contributed by atoms with van der Waals surface area (Å²) in [5.41, 5.74) is 1.46. The summed E-state index contributed by atoms with van der Waals surface area (Å²) in [6.07, 6.45) is 3.32. The molecule has 0 bridgehead atoms. The average molecular weight is 450 g/mol. The number of likely N-dealkylation sites (tertiary alicyclic amines) is 1. The smallest absolute Gasteiger partial charge is 0.264 e. The van der Waals surface area contributed by atoms with Crippen LogP contribution in [0.15, 0.2) is 53.4 Å². The van der Waals surface area contributed by atoms with Crippen molar-refractivity contribution in [1.82, 2.24) is 10.2 Å². The molecule has 1 aliphatic heterocycles. The number of nitrogens with zero attached hydrogens (tertiary/aromatic N) is 2. The molecule has 1 amide bonds. The van der Waals surface area contributed by atoms with Gasteiger partial charge < -0.3 is 10.2 Å². The van der Waals surface area contributed by atoms with Crippen LogP contribution in [0.1, 0.15) is 24.8 Å². The maximum absolute atomic E-state index is 13.3. The second kappa shape index (κ2) is 10.3. The lowest BCUT2D eigenvalue weighted by Crippen LogP contribution is -2.41. The van der Waals surface area contributed by atoms with Gasteiger partial charge in [0.25, 0.3) is 10.0 Å². The third-order valence-corrected chi connectivity index (χ3v) is 7.22. The van der Waals surface area contributed by atoms with Crippen LogP contribution in [-0.4, -0.2) is 51.9 Å². The Morgan fingerprint density at radius 1 is 1.07 bits per heavy atom. The fraction of sp³-hybridized carbons (Fsp3) is 0.409. The van der Waals surface area contributed by atoms with E-state index in [0.717, 1.165) is 35.9 Å². The SMILES string of the molecule is Cc1ccc(N(CC(=O)NCCCN2CCCC2)S(=O)(=O)c2ccc(Cl)cc2)cc1. The van der Waals surface area contributed by atoms with Crippen molar-refractivity contribution in [2.45, 2.75) is 31.1 Å². The first kappa shape index (κ1) is 22.6. The fourth-order valence-electron chi connectivity index (χ4n) is 3.48. The summed E-state index contributed by atoms with van der Waals surface area (Å²) in [6, 6.07) is 13.0. The van der Waals surface area contributed by atoms with Crippen molar-refractivity contribution < 1.29 is 13.2 Å². The number of nitrogens with one attached hydrogen (secondary N) is 1. The summed E-state index contributed by atoms with van der Waals surface area (Å²) >= 11 is 5.90. The molecule has 1 saturated heterocycles. The molecule has 2 aromatic rings. The molecule has 1 aliphatic rings. The summed E-state index contributed by atoms with van der Waals surface area (Å²) in [4.78, 5) is 15.0. The van der Waals surface area contributed by atoms with E-state index in [1.165, 1.54) is 37.1 Å². The lowest BCUT2D eigenvalue weighted by Gasteiger charge is -2.24. The second-order valence-electron chi connectivity index (χ2n) is 7.55. The van der Waals surface area contributed by atoms with Gasteiger partial charge in [-0.25, -0.2) is 8.42 Å². The van der Waals surface area contributed by atoms with Crippen LogP contribution in [0.5, 0.6) is 0 Å². The molecule has 1 heterocycles. The number of carbonyl (C=O) groups is 1. The van der Waals surface area contributed by atoms with Crippen LogP contribution in [0.3, 0.4) is 0 Å². The molecule has 6 nitrogen and oxygen atoms in total.